The van der Waals surface area contributed by atoms with Crippen LogP contribution in [0.25, 0.3) is 6.08 Å². The molecule has 3 rings (SSSR count). The molecule has 0 bridgehead atoms. The van der Waals surface area contributed by atoms with Gasteiger partial charge in [0.1, 0.15) is 12.4 Å². The molecule has 0 aliphatic carbocycles. The van der Waals surface area contributed by atoms with Crippen LogP contribution in [0.1, 0.15) is 5.56 Å². The van der Waals surface area contributed by atoms with Gasteiger partial charge in [0.2, 0.25) is 9.84 Å². The van der Waals surface area contributed by atoms with E-state index in [9.17, 15) is 13.5 Å². The van der Waals surface area contributed by atoms with Crippen LogP contribution < -0.4 is 9.47 Å². The zero-order chi connectivity index (χ0) is 15.7. The number of rotatable bonds is 4. The smallest absolute Gasteiger partial charge is 0.206 e. The Kier molecular flexibility index (Phi) is 3.54. The van der Waals surface area contributed by atoms with E-state index in [1.807, 2.05) is 0 Å². The molecule has 0 amide bonds. The van der Waals surface area contributed by atoms with Crippen molar-refractivity contribution < 1.29 is 23.0 Å². The molecule has 6 heteroatoms. The van der Waals surface area contributed by atoms with Gasteiger partial charge in [-0.05, 0) is 42.0 Å². The molecule has 1 aliphatic heterocycles. The number of fused-ring (bicyclic) bond motifs is 1. The quantitative estimate of drug-likeness (QED) is 0.938. The van der Waals surface area contributed by atoms with Crippen LogP contribution >= 0.6 is 0 Å². The van der Waals surface area contributed by atoms with Crippen molar-refractivity contribution in [2.45, 2.75) is 4.90 Å². The summed E-state index contributed by atoms with van der Waals surface area (Å²) in [6, 6.07) is 11.2. The van der Waals surface area contributed by atoms with Crippen LogP contribution in [0.15, 0.2) is 52.3 Å². The fraction of sp³-hybridized carbons (Fsp3) is 0.125. The van der Waals surface area contributed by atoms with E-state index in [-0.39, 0.29) is 22.2 Å². The average molecular weight is 318 g/mol. The van der Waals surface area contributed by atoms with Gasteiger partial charge in [-0.2, -0.15) is 0 Å². The van der Waals surface area contributed by atoms with Crippen molar-refractivity contribution in [1.82, 2.24) is 0 Å². The van der Waals surface area contributed by atoms with Crippen molar-refractivity contribution in [3.63, 3.8) is 0 Å². The van der Waals surface area contributed by atoms with Gasteiger partial charge in [0, 0.05) is 0 Å². The van der Waals surface area contributed by atoms with Gasteiger partial charge in [-0.3, -0.25) is 0 Å². The van der Waals surface area contributed by atoms with Crippen molar-refractivity contribution in [2.75, 3.05) is 13.7 Å². The number of hydrogen-bond acceptors (Lipinski definition) is 5. The lowest BCUT2D eigenvalue weighted by Gasteiger charge is -2.10. The zero-order valence-corrected chi connectivity index (χ0v) is 12.6. The Balaban J connectivity index is 1.87. The number of benzene rings is 2. The summed E-state index contributed by atoms with van der Waals surface area (Å²) < 4.78 is 35.6. The maximum atomic E-state index is 12.4. The van der Waals surface area contributed by atoms with Gasteiger partial charge in [-0.15, -0.1) is 0 Å². The topological polar surface area (TPSA) is 72.8 Å². The molecule has 1 aliphatic rings. The summed E-state index contributed by atoms with van der Waals surface area (Å²) in [5.74, 6) is 1.03. The van der Waals surface area contributed by atoms with E-state index in [1.165, 1.54) is 31.4 Å². The van der Waals surface area contributed by atoms with Gasteiger partial charge >= 0.3 is 0 Å². The Morgan fingerprint density at radius 1 is 1.09 bits per heavy atom. The van der Waals surface area contributed by atoms with Gasteiger partial charge < -0.3 is 14.6 Å². The lowest BCUT2D eigenvalue weighted by Crippen LogP contribution is -2.09. The van der Waals surface area contributed by atoms with Crippen LogP contribution in [-0.4, -0.2) is 27.2 Å². The first kappa shape index (κ1) is 14.5. The monoisotopic (exact) mass is 318 g/mol. The van der Waals surface area contributed by atoms with E-state index < -0.39 is 9.84 Å². The number of methoxy groups -OCH3 is 1. The number of aromatic hydroxyl groups is 1. The van der Waals surface area contributed by atoms with Crippen LogP contribution in [0.2, 0.25) is 0 Å². The van der Waals surface area contributed by atoms with Gasteiger partial charge in [-0.25, -0.2) is 8.42 Å². The zero-order valence-electron chi connectivity index (χ0n) is 11.8. The second kappa shape index (κ2) is 5.38. The Hall–Kier alpha value is -2.47. The number of phenols is 1. The second-order valence-corrected chi connectivity index (χ2v) is 6.75. The van der Waals surface area contributed by atoms with Gasteiger partial charge in [-0.1, -0.05) is 12.1 Å². The molecular weight excluding hydrogens is 304 g/mol. The lowest BCUT2D eigenvalue weighted by molar-refractivity contribution is 0.324. The highest BCUT2D eigenvalue weighted by Crippen LogP contribution is 2.35. The largest absolute Gasteiger partial charge is 0.508 e. The SMILES string of the molecule is COc1ccccc1OCC1=Cc2cc(O)ccc2S1(=O)=O. The van der Waals surface area contributed by atoms with E-state index in [4.69, 9.17) is 9.47 Å². The van der Waals surface area contributed by atoms with Crippen molar-refractivity contribution in [3.8, 4) is 17.2 Å². The molecule has 0 radical (unpaired) electrons. The molecule has 0 saturated carbocycles. The molecule has 0 spiro atoms. The molecule has 2 aromatic carbocycles. The summed E-state index contributed by atoms with van der Waals surface area (Å²) in [5.41, 5.74) is 0.471. The van der Waals surface area contributed by atoms with Gasteiger partial charge in [0.05, 0.1) is 16.9 Å². The third-order valence-electron chi connectivity index (χ3n) is 3.38. The lowest BCUT2D eigenvalue weighted by atomic mass is 10.2. The maximum absolute atomic E-state index is 12.4. The van der Waals surface area contributed by atoms with Crippen molar-refractivity contribution >= 4 is 15.9 Å². The number of para-hydroxylation sites is 2. The predicted octanol–water partition coefficient (Wildman–Crippen LogP) is 2.61. The highest BCUT2D eigenvalue weighted by molar-refractivity contribution is 7.95. The van der Waals surface area contributed by atoms with Crippen LogP contribution in [0.4, 0.5) is 0 Å². The Bertz CT molecular complexity index is 853. The van der Waals surface area contributed by atoms with E-state index in [2.05, 4.69) is 0 Å². The number of sulfone groups is 1. The molecule has 1 N–H and O–H groups in total. The minimum Gasteiger partial charge on any atom is -0.508 e. The highest BCUT2D eigenvalue weighted by Gasteiger charge is 2.30. The molecule has 0 atom stereocenters. The third kappa shape index (κ3) is 2.42. The van der Waals surface area contributed by atoms with E-state index in [0.29, 0.717) is 17.1 Å². The van der Waals surface area contributed by atoms with Crippen molar-refractivity contribution in [2.24, 2.45) is 0 Å². The molecule has 0 saturated heterocycles. The first-order valence-electron chi connectivity index (χ1n) is 6.57. The van der Waals surface area contributed by atoms with Crippen LogP contribution in [0, 0.1) is 0 Å². The molecule has 2 aromatic rings. The minimum absolute atomic E-state index is 0.0251. The van der Waals surface area contributed by atoms with E-state index in [1.54, 1.807) is 24.3 Å². The average Bonchev–Trinajstić information content (AvgIpc) is 2.75. The fourth-order valence-corrected chi connectivity index (χ4v) is 3.75. The summed E-state index contributed by atoms with van der Waals surface area (Å²) >= 11 is 0. The number of hydrogen-bond donors (Lipinski definition) is 1. The molecule has 22 heavy (non-hydrogen) atoms. The van der Waals surface area contributed by atoms with E-state index >= 15 is 0 Å². The van der Waals surface area contributed by atoms with Crippen LogP contribution in [0.5, 0.6) is 17.2 Å². The van der Waals surface area contributed by atoms with Crippen LogP contribution in [0.3, 0.4) is 0 Å². The summed E-state index contributed by atoms with van der Waals surface area (Å²) in [4.78, 5) is 0.336. The molecular formula is C16H14O5S. The Morgan fingerprint density at radius 2 is 1.82 bits per heavy atom. The third-order valence-corrected chi connectivity index (χ3v) is 5.26. The normalized spacial score (nSPS) is 15.0. The van der Waals surface area contributed by atoms with Crippen molar-refractivity contribution in [1.29, 1.82) is 0 Å². The maximum Gasteiger partial charge on any atom is 0.206 e. The van der Waals surface area contributed by atoms with E-state index in [0.717, 1.165) is 0 Å². The fourth-order valence-electron chi connectivity index (χ4n) is 2.29. The second-order valence-electron chi connectivity index (χ2n) is 4.78. The Morgan fingerprint density at radius 3 is 2.55 bits per heavy atom. The molecule has 1 heterocycles. The summed E-state index contributed by atoms with van der Waals surface area (Å²) in [6.07, 6.45) is 1.51. The minimum atomic E-state index is -3.57. The summed E-state index contributed by atoms with van der Waals surface area (Å²) in [7, 11) is -2.05. The van der Waals surface area contributed by atoms with Gasteiger partial charge in [0.25, 0.3) is 0 Å². The standard InChI is InChI=1S/C16H14O5S/c1-20-14-4-2-3-5-15(14)21-10-13-9-11-8-12(17)6-7-16(11)22(13,18)19/h2-9,17H,10H2,1H3. The number of phenolic OH excluding ortho intramolecular Hbond substituents is 1. The molecule has 0 fully saturated rings. The van der Waals surface area contributed by atoms with Crippen LogP contribution in [-0.2, 0) is 9.84 Å². The summed E-state index contributed by atoms with van der Waals surface area (Å²) in [5, 5.41) is 9.46. The highest BCUT2D eigenvalue weighted by atomic mass is 32.2. The first-order valence-corrected chi connectivity index (χ1v) is 8.05. The summed E-state index contributed by atoms with van der Waals surface area (Å²) in [6.45, 7) is -0.0991. The first-order chi connectivity index (χ1) is 10.5. The molecule has 0 aromatic heterocycles. The van der Waals surface area contributed by atoms with Gasteiger partial charge in [0.15, 0.2) is 11.5 Å². The van der Waals surface area contributed by atoms with Crippen molar-refractivity contribution in [3.05, 3.63) is 52.9 Å². The molecule has 0 unspecified atom stereocenters. The Labute approximate surface area is 128 Å². The number of ether oxygens (including phenoxy) is 2. The molecule has 5 nitrogen and oxygen atoms in total. The predicted molar refractivity (Wildman–Crippen MR) is 81.8 cm³/mol. The molecule has 114 valence electrons.